The number of aromatic nitrogens is 3. The lowest BCUT2D eigenvalue weighted by Crippen LogP contribution is -2.55. The maximum Gasteiger partial charge on any atom is 0.257 e. The van der Waals surface area contributed by atoms with Crippen LogP contribution in [0.25, 0.3) is 5.65 Å². The van der Waals surface area contributed by atoms with Crippen LogP contribution in [-0.4, -0.2) is 44.5 Å². The van der Waals surface area contributed by atoms with Crippen molar-refractivity contribution in [1.82, 2.24) is 24.8 Å². The zero-order valence-corrected chi connectivity index (χ0v) is 15.8. The summed E-state index contributed by atoms with van der Waals surface area (Å²) in [5.41, 5.74) is 2.43. The van der Waals surface area contributed by atoms with Crippen LogP contribution in [0.15, 0.2) is 55.0 Å². The summed E-state index contributed by atoms with van der Waals surface area (Å²) in [6.07, 6.45) is 6.00. The Labute approximate surface area is 159 Å². The van der Waals surface area contributed by atoms with Gasteiger partial charge in [-0.3, -0.25) is 9.69 Å². The molecule has 4 rings (SSSR count). The minimum absolute atomic E-state index is 0.0148. The highest BCUT2D eigenvalue weighted by molar-refractivity contribution is 5.99. The maximum atomic E-state index is 12.8. The first-order chi connectivity index (χ1) is 13.0. The van der Waals surface area contributed by atoms with Gasteiger partial charge in [0.15, 0.2) is 5.65 Å². The molecule has 1 saturated heterocycles. The van der Waals surface area contributed by atoms with E-state index >= 15 is 0 Å². The minimum Gasteiger partial charge on any atom is -0.349 e. The summed E-state index contributed by atoms with van der Waals surface area (Å²) in [5, 5.41) is 7.44. The predicted molar refractivity (Wildman–Crippen MR) is 104 cm³/mol. The van der Waals surface area contributed by atoms with Crippen LogP contribution in [0.2, 0.25) is 0 Å². The molecular formula is C21H25N5O. The number of carbonyl (C=O) groups excluding carboxylic acids is 1. The normalized spacial score (nSPS) is 19.9. The molecule has 140 valence electrons. The quantitative estimate of drug-likeness (QED) is 0.774. The number of nitrogens with zero attached hydrogens (tertiary/aromatic N) is 4. The van der Waals surface area contributed by atoms with Crippen molar-refractivity contribution in [2.75, 3.05) is 13.1 Å². The van der Waals surface area contributed by atoms with Crippen molar-refractivity contribution in [2.45, 2.75) is 32.9 Å². The molecule has 2 aromatic heterocycles. The Hall–Kier alpha value is -2.73. The fourth-order valence-corrected chi connectivity index (χ4v) is 3.94. The van der Waals surface area contributed by atoms with Gasteiger partial charge in [-0.05, 0) is 23.5 Å². The highest BCUT2D eigenvalue weighted by Crippen LogP contribution is 2.30. The molecular weight excluding hydrogens is 338 g/mol. The molecule has 0 radical (unpaired) electrons. The van der Waals surface area contributed by atoms with E-state index in [1.807, 2.05) is 6.07 Å². The zero-order valence-electron chi connectivity index (χ0n) is 15.8. The van der Waals surface area contributed by atoms with Gasteiger partial charge in [-0.15, -0.1) is 0 Å². The van der Waals surface area contributed by atoms with E-state index in [-0.39, 0.29) is 17.4 Å². The van der Waals surface area contributed by atoms with E-state index in [0.717, 1.165) is 26.1 Å². The van der Waals surface area contributed by atoms with Gasteiger partial charge in [-0.25, -0.2) is 9.50 Å². The number of rotatable bonds is 4. The summed E-state index contributed by atoms with van der Waals surface area (Å²) in [4.78, 5) is 19.6. The number of fused-ring (bicyclic) bond motifs is 1. The SMILES string of the molecule is CC1(C)CN(Cc2ccccc2)CCC1NC(=O)c1cnn2cccnc12. The molecule has 3 aromatic rings. The van der Waals surface area contributed by atoms with Gasteiger partial charge in [-0.1, -0.05) is 44.2 Å². The molecule has 1 aromatic carbocycles. The monoisotopic (exact) mass is 363 g/mol. The van der Waals surface area contributed by atoms with E-state index in [2.05, 4.69) is 58.4 Å². The van der Waals surface area contributed by atoms with Crippen LogP contribution >= 0.6 is 0 Å². The van der Waals surface area contributed by atoms with Crippen LogP contribution in [0.5, 0.6) is 0 Å². The summed E-state index contributed by atoms with van der Waals surface area (Å²) in [6, 6.07) is 12.5. The number of nitrogens with one attached hydrogen (secondary N) is 1. The number of piperidine rings is 1. The summed E-state index contributed by atoms with van der Waals surface area (Å²) < 4.78 is 1.63. The third-order valence-corrected chi connectivity index (χ3v) is 5.39. The van der Waals surface area contributed by atoms with Crippen LogP contribution in [0.1, 0.15) is 36.2 Å². The molecule has 3 heterocycles. The predicted octanol–water partition coefficient (Wildman–Crippen LogP) is 2.76. The lowest BCUT2D eigenvalue weighted by atomic mass is 9.79. The van der Waals surface area contributed by atoms with Gasteiger partial charge in [0.25, 0.3) is 5.91 Å². The molecule has 1 amide bonds. The van der Waals surface area contributed by atoms with Gasteiger partial charge in [0.2, 0.25) is 0 Å². The topological polar surface area (TPSA) is 62.5 Å². The van der Waals surface area contributed by atoms with Gasteiger partial charge in [0.05, 0.1) is 6.20 Å². The molecule has 1 aliphatic rings. The molecule has 1 N–H and O–H groups in total. The van der Waals surface area contributed by atoms with Gasteiger partial charge < -0.3 is 5.32 Å². The Morgan fingerprint density at radius 2 is 2.07 bits per heavy atom. The first-order valence-electron chi connectivity index (χ1n) is 9.38. The van der Waals surface area contributed by atoms with Crippen LogP contribution in [0, 0.1) is 5.41 Å². The molecule has 27 heavy (non-hydrogen) atoms. The second-order valence-electron chi connectivity index (χ2n) is 7.95. The van der Waals surface area contributed by atoms with Crippen LogP contribution in [-0.2, 0) is 6.54 Å². The third-order valence-electron chi connectivity index (χ3n) is 5.39. The van der Waals surface area contributed by atoms with E-state index in [1.165, 1.54) is 5.56 Å². The zero-order chi connectivity index (χ0) is 18.9. The van der Waals surface area contributed by atoms with E-state index in [4.69, 9.17) is 0 Å². The summed E-state index contributed by atoms with van der Waals surface area (Å²) in [6.45, 7) is 7.31. The molecule has 1 fully saturated rings. The highest BCUT2D eigenvalue weighted by atomic mass is 16.1. The van der Waals surface area contributed by atoms with E-state index in [9.17, 15) is 4.79 Å². The lowest BCUT2D eigenvalue weighted by molar-refractivity contribution is 0.0617. The van der Waals surface area contributed by atoms with Crippen molar-refractivity contribution >= 4 is 11.6 Å². The Kier molecular flexibility index (Phi) is 4.66. The average molecular weight is 363 g/mol. The van der Waals surface area contributed by atoms with Gasteiger partial charge in [-0.2, -0.15) is 5.10 Å². The number of benzene rings is 1. The molecule has 0 saturated carbocycles. The molecule has 6 nitrogen and oxygen atoms in total. The van der Waals surface area contributed by atoms with Crippen molar-refractivity contribution < 1.29 is 4.79 Å². The van der Waals surface area contributed by atoms with Gasteiger partial charge in [0, 0.05) is 38.1 Å². The molecule has 0 bridgehead atoms. The maximum absolute atomic E-state index is 12.8. The number of likely N-dealkylation sites (tertiary alicyclic amines) is 1. The third kappa shape index (κ3) is 3.71. The first kappa shape index (κ1) is 17.7. The lowest BCUT2D eigenvalue weighted by Gasteiger charge is -2.44. The van der Waals surface area contributed by atoms with Crippen molar-refractivity contribution in [3.05, 3.63) is 66.1 Å². The average Bonchev–Trinajstić information content (AvgIpc) is 3.08. The summed E-state index contributed by atoms with van der Waals surface area (Å²) in [5.74, 6) is -0.0988. The fraction of sp³-hybridized carbons (Fsp3) is 0.381. The van der Waals surface area contributed by atoms with Crippen molar-refractivity contribution in [1.29, 1.82) is 0 Å². The van der Waals surface area contributed by atoms with Crippen LogP contribution in [0.4, 0.5) is 0 Å². The standard InChI is InChI=1S/C21H25N5O/c1-21(2)15-25(14-16-7-4-3-5-8-16)12-9-18(21)24-20(27)17-13-23-26-11-6-10-22-19(17)26/h3-8,10-11,13,18H,9,12,14-15H2,1-2H3,(H,24,27). The van der Waals surface area contributed by atoms with E-state index in [0.29, 0.717) is 11.2 Å². The first-order valence-corrected chi connectivity index (χ1v) is 9.38. The smallest absolute Gasteiger partial charge is 0.257 e. The summed E-state index contributed by atoms with van der Waals surface area (Å²) >= 11 is 0. The van der Waals surface area contributed by atoms with Crippen molar-refractivity contribution in [3.63, 3.8) is 0 Å². The van der Waals surface area contributed by atoms with Crippen LogP contribution < -0.4 is 5.32 Å². The van der Waals surface area contributed by atoms with Crippen molar-refractivity contribution in [2.24, 2.45) is 5.41 Å². The number of carbonyl (C=O) groups is 1. The number of hydrogen-bond acceptors (Lipinski definition) is 4. The minimum atomic E-state index is -0.0988. The van der Waals surface area contributed by atoms with Gasteiger partial charge in [0.1, 0.15) is 5.56 Å². The van der Waals surface area contributed by atoms with Crippen molar-refractivity contribution in [3.8, 4) is 0 Å². The molecule has 0 aliphatic carbocycles. The number of amides is 1. The second kappa shape index (κ2) is 7.12. The van der Waals surface area contributed by atoms with Gasteiger partial charge >= 0.3 is 0 Å². The Morgan fingerprint density at radius 1 is 1.26 bits per heavy atom. The highest BCUT2D eigenvalue weighted by Gasteiger charge is 2.37. The molecule has 6 heteroatoms. The fourth-order valence-electron chi connectivity index (χ4n) is 3.94. The molecule has 1 unspecified atom stereocenters. The molecule has 1 atom stereocenters. The summed E-state index contributed by atoms with van der Waals surface area (Å²) in [7, 11) is 0. The Balaban J connectivity index is 1.43. The van der Waals surface area contributed by atoms with Crippen LogP contribution in [0.3, 0.4) is 0 Å². The van der Waals surface area contributed by atoms with E-state index < -0.39 is 0 Å². The Morgan fingerprint density at radius 3 is 2.85 bits per heavy atom. The van der Waals surface area contributed by atoms with E-state index in [1.54, 1.807) is 29.2 Å². The second-order valence-corrected chi connectivity index (χ2v) is 7.95. The largest absolute Gasteiger partial charge is 0.349 e. The molecule has 0 spiro atoms. The molecule has 1 aliphatic heterocycles. The number of hydrogen-bond donors (Lipinski definition) is 1. The Bertz CT molecular complexity index is 934.